The highest BCUT2D eigenvalue weighted by molar-refractivity contribution is 7.92. The highest BCUT2D eigenvalue weighted by Crippen LogP contribution is 2.56. The number of carboxylic acids is 1. The normalized spacial score (nSPS) is 20.3. The Bertz CT molecular complexity index is 1400. The van der Waals surface area contributed by atoms with E-state index in [4.69, 9.17) is 0 Å². The van der Waals surface area contributed by atoms with Crippen molar-refractivity contribution in [2.75, 3.05) is 0 Å². The van der Waals surface area contributed by atoms with Crippen LogP contribution in [0.15, 0.2) is 89.8 Å². The maximum atomic E-state index is 14.2. The van der Waals surface area contributed by atoms with E-state index in [-0.39, 0.29) is 16.0 Å². The van der Waals surface area contributed by atoms with E-state index in [1.165, 1.54) is 54.6 Å². The van der Waals surface area contributed by atoms with Gasteiger partial charge in [0.2, 0.25) is 0 Å². The number of hydrogen-bond donors (Lipinski definition) is 1. The van der Waals surface area contributed by atoms with Crippen LogP contribution >= 0.6 is 0 Å². The number of carboxylic acid groups (broad SMARTS) is 1. The van der Waals surface area contributed by atoms with Crippen LogP contribution in [-0.2, 0) is 36.3 Å². The Morgan fingerprint density at radius 3 is 1.77 bits per heavy atom. The molecule has 0 aromatic heterocycles. The van der Waals surface area contributed by atoms with E-state index < -0.39 is 69.4 Å². The lowest BCUT2D eigenvalue weighted by molar-refractivity contribution is -0.392. The molecule has 4 rings (SSSR count). The predicted octanol–water partition coefficient (Wildman–Crippen LogP) is 6.39. The Morgan fingerprint density at radius 1 is 0.821 bits per heavy atom. The zero-order valence-corrected chi connectivity index (χ0v) is 20.9. The lowest BCUT2D eigenvalue weighted by atomic mass is 9.70. The summed E-state index contributed by atoms with van der Waals surface area (Å²) >= 11 is 0. The second-order valence-corrected chi connectivity index (χ2v) is 11.5. The van der Waals surface area contributed by atoms with Crippen molar-refractivity contribution in [2.45, 2.75) is 47.0 Å². The van der Waals surface area contributed by atoms with Crippen molar-refractivity contribution in [3.8, 4) is 0 Å². The lowest BCUT2D eigenvalue weighted by Crippen LogP contribution is -2.56. The molecule has 0 spiro atoms. The van der Waals surface area contributed by atoms with Crippen LogP contribution in [0.5, 0.6) is 0 Å². The topological polar surface area (TPSA) is 80.7 Å². The molecule has 5 nitrogen and oxygen atoms in total. The van der Waals surface area contributed by atoms with Gasteiger partial charge in [0, 0.05) is 5.56 Å². The molecule has 0 aliphatic heterocycles. The molecule has 0 heterocycles. The van der Waals surface area contributed by atoms with Crippen molar-refractivity contribution in [2.24, 2.45) is 5.92 Å². The summed E-state index contributed by atoms with van der Waals surface area (Å²) in [6, 6.07) is 16.9. The summed E-state index contributed by atoms with van der Waals surface area (Å²) < 4.78 is 115. The molecule has 0 saturated heterocycles. The average molecular weight is 573 g/mol. The van der Waals surface area contributed by atoms with Crippen molar-refractivity contribution in [1.29, 1.82) is 0 Å². The summed E-state index contributed by atoms with van der Waals surface area (Å²) in [7, 11) is -4.27. The molecule has 1 saturated carbocycles. The van der Waals surface area contributed by atoms with Crippen molar-refractivity contribution < 1.29 is 49.4 Å². The van der Waals surface area contributed by atoms with E-state index in [0.29, 0.717) is 12.1 Å². The quantitative estimate of drug-likeness (QED) is 0.317. The molecule has 3 aromatic rings. The van der Waals surface area contributed by atoms with Crippen molar-refractivity contribution in [3.05, 3.63) is 102 Å². The van der Waals surface area contributed by atoms with Crippen molar-refractivity contribution >= 4 is 15.8 Å². The molecule has 208 valence electrons. The Kier molecular flexibility index (Phi) is 7.32. The van der Waals surface area contributed by atoms with Gasteiger partial charge in [0.25, 0.3) is 5.60 Å². The molecule has 0 atom stereocenters. The SMILES string of the molecule is O=C(O)C1CC(c2ccc(C(OCc3ccccc3)(C(F)(F)F)C(F)(F)F)cc2)(S(=O)(=O)c2ccccc2)C1. The molecule has 1 fully saturated rings. The van der Waals surface area contributed by atoms with Crippen LogP contribution in [-0.4, -0.2) is 31.8 Å². The second-order valence-electron chi connectivity index (χ2n) is 9.28. The maximum Gasteiger partial charge on any atom is 0.430 e. The molecule has 1 aliphatic carbocycles. The van der Waals surface area contributed by atoms with E-state index in [1.54, 1.807) is 6.07 Å². The summed E-state index contributed by atoms with van der Waals surface area (Å²) in [5.74, 6) is -2.31. The van der Waals surface area contributed by atoms with Gasteiger partial charge in [-0.25, -0.2) is 8.42 Å². The Morgan fingerprint density at radius 2 is 1.31 bits per heavy atom. The summed E-state index contributed by atoms with van der Waals surface area (Å²) in [6.07, 6.45) is -12.7. The zero-order valence-electron chi connectivity index (χ0n) is 20.0. The summed E-state index contributed by atoms with van der Waals surface area (Å²) in [4.78, 5) is 11.3. The number of hydrogen-bond acceptors (Lipinski definition) is 4. The third-order valence-electron chi connectivity index (χ3n) is 6.98. The number of alkyl halides is 6. The Labute approximate surface area is 220 Å². The van der Waals surface area contributed by atoms with E-state index in [9.17, 15) is 44.7 Å². The van der Waals surface area contributed by atoms with Gasteiger partial charge in [-0.3, -0.25) is 4.79 Å². The fourth-order valence-electron chi connectivity index (χ4n) is 4.86. The first-order chi connectivity index (χ1) is 18.2. The first kappa shape index (κ1) is 28.6. The molecule has 1 N–H and O–H groups in total. The fraction of sp³-hybridized carbons (Fsp3) is 0.296. The van der Waals surface area contributed by atoms with Crippen molar-refractivity contribution in [1.82, 2.24) is 0 Å². The van der Waals surface area contributed by atoms with Gasteiger partial charge >= 0.3 is 18.3 Å². The average Bonchev–Trinajstić information content (AvgIpc) is 2.84. The molecular formula is C27H22F6O5S. The van der Waals surface area contributed by atoms with Crippen LogP contribution in [0.3, 0.4) is 0 Å². The summed E-state index contributed by atoms with van der Waals surface area (Å²) in [5, 5.41) is 9.37. The Hall–Kier alpha value is -3.38. The van der Waals surface area contributed by atoms with Crippen LogP contribution in [0, 0.1) is 5.92 Å². The van der Waals surface area contributed by atoms with Gasteiger partial charge in [-0.05, 0) is 36.1 Å². The molecule has 3 aromatic carbocycles. The van der Waals surface area contributed by atoms with Crippen LogP contribution in [0.4, 0.5) is 26.3 Å². The van der Waals surface area contributed by atoms with Crippen LogP contribution in [0.2, 0.25) is 0 Å². The minimum Gasteiger partial charge on any atom is -0.481 e. The van der Waals surface area contributed by atoms with Gasteiger partial charge in [0.15, 0.2) is 9.84 Å². The maximum absolute atomic E-state index is 14.2. The second kappa shape index (κ2) is 9.98. The van der Waals surface area contributed by atoms with E-state index >= 15 is 0 Å². The van der Waals surface area contributed by atoms with Gasteiger partial charge in [-0.15, -0.1) is 0 Å². The van der Waals surface area contributed by atoms with Gasteiger partial charge < -0.3 is 9.84 Å². The lowest BCUT2D eigenvalue weighted by Gasteiger charge is -2.45. The molecule has 0 amide bonds. The van der Waals surface area contributed by atoms with Gasteiger partial charge in [-0.1, -0.05) is 72.8 Å². The minimum atomic E-state index is -5.93. The first-order valence-corrected chi connectivity index (χ1v) is 13.1. The standard InChI is InChI=1S/C27H22F6O5S/c28-26(29,30)25(27(31,32)33,38-17-18-7-3-1-4-8-18)21-13-11-20(12-14-21)24(15-19(16-24)23(34)35)39(36,37)22-9-5-2-6-10-22/h1-14,19H,15-17H2,(H,34,35). The van der Waals surface area contributed by atoms with E-state index in [1.807, 2.05) is 0 Å². The molecule has 0 radical (unpaired) electrons. The third kappa shape index (κ3) is 4.80. The third-order valence-corrected chi connectivity index (χ3v) is 9.47. The number of halogens is 6. The number of rotatable bonds is 8. The molecule has 12 heteroatoms. The monoisotopic (exact) mass is 572 g/mol. The molecule has 0 bridgehead atoms. The smallest absolute Gasteiger partial charge is 0.430 e. The molecule has 39 heavy (non-hydrogen) atoms. The number of benzene rings is 3. The molecular weight excluding hydrogens is 550 g/mol. The number of sulfone groups is 1. The highest BCUT2D eigenvalue weighted by Gasteiger charge is 2.73. The Balaban J connectivity index is 1.80. The van der Waals surface area contributed by atoms with Gasteiger partial charge in [0.1, 0.15) is 4.75 Å². The van der Waals surface area contributed by atoms with Crippen LogP contribution in [0.25, 0.3) is 0 Å². The largest absolute Gasteiger partial charge is 0.481 e. The van der Waals surface area contributed by atoms with Crippen LogP contribution in [0.1, 0.15) is 29.5 Å². The van der Waals surface area contributed by atoms with Crippen molar-refractivity contribution in [3.63, 3.8) is 0 Å². The number of aliphatic carboxylic acids is 1. The summed E-state index contributed by atoms with van der Waals surface area (Å²) in [5.41, 5.74) is -6.03. The summed E-state index contributed by atoms with van der Waals surface area (Å²) in [6.45, 7) is -1.01. The van der Waals surface area contributed by atoms with Gasteiger partial charge in [0.05, 0.1) is 17.4 Å². The predicted molar refractivity (Wildman–Crippen MR) is 127 cm³/mol. The highest BCUT2D eigenvalue weighted by atomic mass is 32.2. The fourth-order valence-corrected chi connectivity index (χ4v) is 7.11. The molecule has 1 aliphatic rings. The zero-order chi connectivity index (χ0) is 28.7. The van der Waals surface area contributed by atoms with E-state index in [2.05, 4.69) is 4.74 Å². The first-order valence-electron chi connectivity index (χ1n) is 11.6. The number of ether oxygens (including phenoxy) is 1. The van der Waals surface area contributed by atoms with Gasteiger partial charge in [-0.2, -0.15) is 26.3 Å². The minimum absolute atomic E-state index is 0.0779. The number of carbonyl (C=O) groups is 1. The van der Waals surface area contributed by atoms with Crippen LogP contribution < -0.4 is 0 Å². The molecule has 0 unspecified atom stereocenters. The van der Waals surface area contributed by atoms with E-state index in [0.717, 1.165) is 12.1 Å².